The van der Waals surface area contributed by atoms with E-state index < -0.39 is 0 Å². The number of aromatic amines is 1. The number of rotatable bonds is 5. The van der Waals surface area contributed by atoms with Gasteiger partial charge in [0.1, 0.15) is 17.3 Å². The monoisotopic (exact) mass is 281 g/mol. The average molecular weight is 281 g/mol. The van der Waals surface area contributed by atoms with Crippen molar-refractivity contribution >= 4 is 5.69 Å². The Morgan fingerprint density at radius 3 is 2.71 bits per heavy atom. The second kappa shape index (κ2) is 6.04. The minimum atomic E-state index is 0.562. The summed E-state index contributed by atoms with van der Waals surface area (Å²) < 4.78 is 5.12. The number of ether oxygens (including phenoxy) is 1. The lowest BCUT2D eigenvalue weighted by atomic mass is 10.3. The lowest BCUT2D eigenvalue weighted by Gasteiger charge is -2.05. The van der Waals surface area contributed by atoms with Gasteiger partial charge in [0.15, 0.2) is 5.82 Å². The number of nitrogens with zero attached hydrogens (tertiary/aromatic N) is 3. The standard InChI is InChI=1S/C15H15N5O/c1-21-12-7-5-11(6-8-12)17-10-14-18-15(20-19-14)13-4-2-3-9-16-13/h2-9,17H,10H2,1H3,(H,18,19,20). The van der Waals surface area contributed by atoms with Crippen LogP contribution in [-0.4, -0.2) is 27.3 Å². The Kier molecular flexibility index (Phi) is 3.77. The van der Waals surface area contributed by atoms with Gasteiger partial charge in [-0.2, -0.15) is 5.10 Å². The maximum Gasteiger partial charge on any atom is 0.199 e. The summed E-state index contributed by atoms with van der Waals surface area (Å²) in [7, 11) is 1.65. The van der Waals surface area contributed by atoms with Gasteiger partial charge in [0, 0.05) is 11.9 Å². The number of hydrogen-bond donors (Lipinski definition) is 2. The fourth-order valence-corrected chi connectivity index (χ4v) is 1.88. The summed E-state index contributed by atoms with van der Waals surface area (Å²) in [5, 5.41) is 10.3. The van der Waals surface area contributed by atoms with Crippen molar-refractivity contribution in [2.24, 2.45) is 0 Å². The number of H-pyrrole nitrogens is 1. The van der Waals surface area contributed by atoms with E-state index in [-0.39, 0.29) is 0 Å². The van der Waals surface area contributed by atoms with E-state index in [1.807, 2.05) is 42.5 Å². The highest BCUT2D eigenvalue weighted by Crippen LogP contribution is 2.16. The minimum absolute atomic E-state index is 0.562. The molecule has 106 valence electrons. The van der Waals surface area contributed by atoms with Crippen LogP contribution in [0.3, 0.4) is 0 Å². The lowest BCUT2D eigenvalue weighted by Crippen LogP contribution is -2.01. The van der Waals surface area contributed by atoms with Crippen LogP contribution in [0.15, 0.2) is 48.7 Å². The topological polar surface area (TPSA) is 75.7 Å². The zero-order valence-corrected chi connectivity index (χ0v) is 11.6. The van der Waals surface area contributed by atoms with Gasteiger partial charge in [-0.15, -0.1) is 0 Å². The Hall–Kier alpha value is -2.89. The first-order valence-corrected chi connectivity index (χ1v) is 6.56. The quantitative estimate of drug-likeness (QED) is 0.751. The third-order valence-corrected chi connectivity index (χ3v) is 2.98. The second-order valence-electron chi connectivity index (χ2n) is 4.40. The van der Waals surface area contributed by atoms with Crippen molar-refractivity contribution < 1.29 is 4.74 Å². The predicted molar refractivity (Wildman–Crippen MR) is 79.9 cm³/mol. The molecule has 2 aromatic heterocycles. The first-order valence-electron chi connectivity index (χ1n) is 6.56. The Labute approximate surface area is 122 Å². The van der Waals surface area contributed by atoms with E-state index in [9.17, 15) is 0 Å². The van der Waals surface area contributed by atoms with E-state index >= 15 is 0 Å². The van der Waals surface area contributed by atoms with Gasteiger partial charge in [-0.25, -0.2) is 4.98 Å². The molecule has 0 fully saturated rings. The molecule has 3 aromatic rings. The van der Waals surface area contributed by atoms with Crippen molar-refractivity contribution in [3.05, 3.63) is 54.5 Å². The van der Waals surface area contributed by atoms with Crippen LogP contribution in [-0.2, 0) is 6.54 Å². The Balaban J connectivity index is 1.64. The SMILES string of the molecule is COc1ccc(NCc2nc(-c3ccccn3)n[nH]2)cc1. The first kappa shape index (κ1) is 13.1. The zero-order valence-electron chi connectivity index (χ0n) is 11.6. The van der Waals surface area contributed by atoms with Crippen molar-refractivity contribution in [3.63, 3.8) is 0 Å². The summed E-state index contributed by atoms with van der Waals surface area (Å²) in [5.74, 6) is 2.19. The van der Waals surface area contributed by atoms with Crippen LogP contribution in [0.1, 0.15) is 5.82 Å². The van der Waals surface area contributed by atoms with Gasteiger partial charge in [0.05, 0.1) is 13.7 Å². The van der Waals surface area contributed by atoms with Crippen molar-refractivity contribution in [2.45, 2.75) is 6.54 Å². The molecular weight excluding hydrogens is 266 g/mol. The molecule has 0 amide bonds. The summed E-state index contributed by atoms with van der Waals surface area (Å²) in [4.78, 5) is 8.63. The molecule has 21 heavy (non-hydrogen) atoms. The van der Waals surface area contributed by atoms with E-state index in [2.05, 4.69) is 25.5 Å². The van der Waals surface area contributed by atoms with Crippen molar-refractivity contribution in [3.8, 4) is 17.3 Å². The molecule has 0 spiro atoms. The number of nitrogens with one attached hydrogen (secondary N) is 2. The zero-order chi connectivity index (χ0) is 14.5. The fourth-order valence-electron chi connectivity index (χ4n) is 1.88. The molecular formula is C15H15N5O. The highest BCUT2D eigenvalue weighted by atomic mass is 16.5. The van der Waals surface area contributed by atoms with E-state index in [1.54, 1.807) is 13.3 Å². The van der Waals surface area contributed by atoms with Gasteiger partial charge in [0.25, 0.3) is 0 Å². The number of pyridine rings is 1. The minimum Gasteiger partial charge on any atom is -0.497 e. The number of anilines is 1. The summed E-state index contributed by atoms with van der Waals surface area (Å²) in [6.45, 7) is 0.562. The van der Waals surface area contributed by atoms with Crippen LogP contribution < -0.4 is 10.1 Å². The smallest absolute Gasteiger partial charge is 0.199 e. The summed E-state index contributed by atoms with van der Waals surface area (Å²) >= 11 is 0. The van der Waals surface area contributed by atoms with Gasteiger partial charge in [-0.05, 0) is 36.4 Å². The highest BCUT2D eigenvalue weighted by Gasteiger charge is 2.06. The first-order chi connectivity index (χ1) is 10.3. The molecule has 0 aliphatic rings. The van der Waals surface area contributed by atoms with Crippen LogP contribution in [0.5, 0.6) is 5.75 Å². The molecule has 2 N–H and O–H groups in total. The maximum atomic E-state index is 5.12. The molecule has 6 heteroatoms. The average Bonchev–Trinajstić information content (AvgIpc) is 3.03. The number of aromatic nitrogens is 4. The normalized spacial score (nSPS) is 10.3. The molecule has 0 bridgehead atoms. The Bertz CT molecular complexity index is 694. The molecule has 1 aromatic carbocycles. The van der Waals surface area contributed by atoms with Gasteiger partial charge in [0.2, 0.25) is 0 Å². The summed E-state index contributed by atoms with van der Waals surface area (Å²) in [5.41, 5.74) is 1.75. The number of methoxy groups -OCH3 is 1. The second-order valence-corrected chi connectivity index (χ2v) is 4.40. The van der Waals surface area contributed by atoms with E-state index in [0.29, 0.717) is 12.4 Å². The van der Waals surface area contributed by atoms with Crippen molar-refractivity contribution in [1.29, 1.82) is 0 Å². The number of benzene rings is 1. The van der Waals surface area contributed by atoms with Crippen LogP contribution >= 0.6 is 0 Å². The van der Waals surface area contributed by atoms with Gasteiger partial charge in [-0.3, -0.25) is 10.1 Å². The van der Waals surface area contributed by atoms with E-state index in [0.717, 1.165) is 23.0 Å². The molecule has 0 unspecified atom stereocenters. The van der Waals surface area contributed by atoms with Crippen molar-refractivity contribution in [1.82, 2.24) is 20.2 Å². The third kappa shape index (κ3) is 3.17. The summed E-state index contributed by atoms with van der Waals surface area (Å²) in [6.07, 6.45) is 1.72. The number of hydrogen-bond acceptors (Lipinski definition) is 5. The molecule has 2 heterocycles. The fraction of sp³-hybridized carbons (Fsp3) is 0.133. The van der Waals surface area contributed by atoms with Crippen LogP contribution in [0.2, 0.25) is 0 Å². The molecule has 0 atom stereocenters. The maximum absolute atomic E-state index is 5.12. The molecule has 0 saturated carbocycles. The molecule has 0 aliphatic heterocycles. The molecule has 0 radical (unpaired) electrons. The van der Waals surface area contributed by atoms with Crippen LogP contribution in [0.25, 0.3) is 11.5 Å². The molecule has 3 rings (SSSR count). The largest absolute Gasteiger partial charge is 0.497 e. The van der Waals surface area contributed by atoms with Gasteiger partial charge >= 0.3 is 0 Å². The summed E-state index contributed by atoms with van der Waals surface area (Å²) in [6, 6.07) is 13.4. The van der Waals surface area contributed by atoms with Crippen LogP contribution in [0.4, 0.5) is 5.69 Å². The lowest BCUT2D eigenvalue weighted by molar-refractivity contribution is 0.415. The van der Waals surface area contributed by atoms with Gasteiger partial charge < -0.3 is 10.1 Å². The Morgan fingerprint density at radius 1 is 1.14 bits per heavy atom. The Morgan fingerprint density at radius 2 is 2.00 bits per heavy atom. The van der Waals surface area contributed by atoms with Crippen molar-refractivity contribution in [2.75, 3.05) is 12.4 Å². The molecule has 6 nitrogen and oxygen atoms in total. The molecule has 0 saturated heterocycles. The van der Waals surface area contributed by atoms with E-state index in [1.165, 1.54) is 0 Å². The van der Waals surface area contributed by atoms with Gasteiger partial charge in [-0.1, -0.05) is 6.07 Å². The predicted octanol–water partition coefficient (Wildman–Crippen LogP) is 2.49. The third-order valence-electron chi connectivity index (χ3n) is 2.98. The van der Waals surface area contributed by atoms with Crippen LogP contribution in [0, 0.1) is 0 Å². The molecule has 0 aliphatic carbocycles. The van der Waals surface area contributed by atoms with E-state index in [4.69, 9.17) is 4.74 Å². The highest BCUT2D eigenvalue weighted by molar-refractivity contribution is 5.48.